The average molecular weight is 401 g/mol. The van der Waals surface area contributed by atoms with E-state index in [1.54, 1.807) is 30.3 Å². The van der Waals surface area contributed by atoms with Crippen LogP contribution in [0, 0.1) is 11.8 Å². The van der Waals surface area contributed by atoms with E-state index in [1.807, 2.05) is 0 Å². The summed E-state index contributed by atoms with van der Waals surface area (Å²) in [5.41, 5.74) is 4.94. The van der Waals surface area contributed by atoms with E-state index in [9.17, 15) is 15.0 Å². The van der Waals surface area contributed by atoms with Crippen LogP contribution >= 0.6 is 0 Å². The minimum absolute atomic E-state index is 0.0304. The molecule has 1 unspecified atom stereocenters. The molecule has 0 aliphatic rings. The molecule has 0 bridgehead atoms. The number of rotatable bonds is 3. The van der Waals surface area contributed by atoms with Crippen molar-refractivity contribution >= 4 is 22.8 Å². The predicted octanol–water partition coefficient (Wildman–Crippen LogP) is 1.15. The maximum atomic E-state index is 11.6. The van der Waals surface area contributed by atoms with Crippen molar-refractivity contribution in [1.29, 1.82) is 0 Å². The van der Waals surface area contributed by atoms with Crippen molar-refractivity contribution < 1.29 is 15.0 Å². The first-order valence-corrected chi connectivity index (χ1v) is 8.73. The predicted molar refractivity (Wildman–Crippen MR) is 107 cm³/mol. The Balaban J connectivity index is 1.83. The summed E-state index contributed by atoms with van der Waals surface area (Å²) in [6, 6.07) is 8.10. The standard InChI is InChI=1S/C20H15N7O3/c1-20(30,18-22-8-2-9-23-18)7-5-12-3-4-13-14(11-12)27(26-16(13)17(28)29)15-6-10-24-19(21)25-15/h2-4,6,8-11,30H,1H3,(H,28,29)(H2,21,24,25). The van der Waals surface area contributed by atoms with Crippen molar-refractivity contribution in [1.82, 2.24) is 29.7 Å². The quantitative estimate of drug-likeness (QED) is 0.429. The van der Waals surface area contributed by atoms with Gasteiger partial charge in [0.15, 0.2) is 22.9 Å². The van der Waals surface area contributed by atoms with Crippen molar-refractivity contribution in [2.75, 3.05) is 5.73 Å². The van der Waals surface area contributed by atoms with Gasteiger partial charge in [0.25, 0.3) is 0 Å². The average Bonchev–Trinajstić information content (AvgIpc) is 3.12. The van der Waals surface area contributed by atoms with Gasteiger partial charge in [0.2, 0.25) is 5.95 Å². The highest BCUT2D eigenvalue weighted by Gasteiger charge is 2.23. The van der Waals surface area contributed by atoms with E-state index in [2.05, 4.69) is 36.9 Å². The van der Waals surface area contributed by atoms with Crippen LogP contribution < -0.4 is 5.73 Å². The number of carboxylic acids is 1. The van der Waals surface area contributed by atoms with Crippen molar-refractivity contribution in [2.24, 2.45) is 0 Å². The summed E-state index contributed by atoms with van der Waals surface area (Å²) in [6.07, 6.45) is 4.49. The number of fused-ring (bicyclic) bond motifs is 1. The van der Waals surface area contributed by atoms with Crippen molar-refractivity contribution in [3.8, 4) is 17.7 Å². The highest BCUT2D eigenvalue weighted by molar-refractivity contribution is 6.01. The van der Waals surface area contributed by atoms with Crippen molar-refractivity contribution in [3.05, 3.63) is 66.0 Å². The lowest BCUT2D eigenvalue weighted by molar-refractivity contribution is 0.0692. The second-order valence-corrected chi connectivity index (χ2v) is 6.47. The first-order chi connectivity index (χ1) is 14.3. The third-order valence-electron chi connectivity index (χ3n) is 4.21. The van der Waals surface area contributed by atoms with Crippen LogP contribution in [0.15, 0.2) is 48.9 Å². The summed E-state index contributed by atoms with van der Waals surface area (Å²) in [5, 5.41) is 24.6. The van der Waals surface area contributed by atoms with E-state index < -0.39 is 11.6 Å². The van der Waals surface area contributed by atoms with Crippen LogP contribution in [0.1, 0.15) is 28.8 Å². The van der Waals surface area contributed by atoms with E-state index >= 15 is 0 Å². The molecule has 1 aromatic carbocycles. The number of aromatic nitrogens is 6. The maximum absolute atomic E-state index is 11.6. The first-order valence-electron chi connectivity index (χ1n) is 8.73. The zero-order chi connectivity index (χ0) is 21.3. The number of nitrogens with two attached hydrogens (primary N) is 1. The van der Waals surface area contributed by atoms with Gasteiger partial charge in [-0.3, -0.25) is 0 Å². The molecule has 10 nitrogen and oxygen atoms in total. The second kappa shape index (κ2) is 7.23. The van der Waals surface area contributed by atoms with Crippen molar-refractivity contribution in [3.63, 3.8) is 0 Å². The van der Waals surface area contributed by atoms with Crippen LogP contribution in [0.5, 0.6) is 0 Å². The Bertz CT molecular complexity index is 1320. The Morgan fingerprint density at radius 1 is 1.17 bits per heavy atom. The van der Waals surface area contributed by atoms with Gasteiger partial charge in [-0.15, -0.1) is 0 Å². The highest BCUT2D eigenvalue weighted by Crippen LogP contribution is 2.23. The number of anilines is 1. The molecule has 3 aromatic heterocycles. The third kappa shape index (κ3) is 3.52. The van der Waals surface area contributed by atoms with Gasteiger partial charge in [0, 0.05) is 35.6 Å². The zero-order valence-corrected chi connectivity index (χ0v) is 15.7. The molecule has 3 heterocycles. The van der Waals surface area contributed by atoms with Gasteiger partial charge in [-0.25, -0.2) is 24.4 Å². The molecule has 148 valence electrons. The number of nitrogens with zero attached hydrogens (tertiary/aromatic N) is 6. The van der Waals surface area contributed by atoms with Gasteiger partial charge in [0.1, 0.15) is 0 Å². The first kappa shape index (κ1) is 19.0. The Kier molecular flexibility index (Phi) is 4.57. The van der Waals surface area contributed by atoms with Crippen LogP contribution in [0.4, 0.5) is 5.95 Å². The normalized spacial score (nSPS) is 12.7. The van der Waals surface area contributed by atoms with Crippen LogP contribution in [0.2, 0.25) is 0 Å². The van der Waals surface area contributed by atoms with E-state index in [-0.39, 0.29) is 17.5 Å². The van der Waals surface area contributed by atoms with E-state index in [0.717, 1.165) is 0 Å². The molecular weight excluding hydrogens is 386 g/mol. The fraction of sp³-hybridized carbons (Fsp3) is 0.100. The summed E-state index contributed by atoms with van der Waals surface area (Å²) in [5.74, 6) is 4.96. The molecule has 0 fully saturated rings. The van der Waals surface area contributed by atoms with Gasteiger partial charge in [-0.05, 0) is 31.2 Å². The molecule has 0 aliphatic heterocycles. The summed E-state index contributed by atoms with van der Waals surface area (Å²) < 4.78 is 1.36. The van der Waals surface area contributed by atoms with Gasteiger partial charge in [-0.2, -0.15) is 10.1 Å². The largest absolute Gasteiger partial charge is 0.476 e. The molecule has 4 N–H and O–H groups in total. The third-order valence-corrected chi connectivity index (χ3v) is 4.21. The number of aromatic carboxylic acids is 1. The zero-order valence-electron chi connectivity index (χ0n) is 15.7. The van der Waals surface area contributed by atoms with E-state index in [0.29, 0.717) is 22.3 Å². The van der Waals surface area contributed by atoms with Crippen LogP contribution in [-0.2, 0) is 5.60 Å². The Morgan fingerprint density at radius 2 is 1.93 bits per heavy atom. The van der Waals surface area contributed by atoms with Crippen LogP contribution in [-0.4, -0.2) is 45.9 Å². The van der Waals surface area contributed by atoms with Gasteiger partial charge >= 0.3 is 5.97 Å². The molecule has 4 aromatic rings. The highest BCUT2D eigenvalue weighted by atomic mass is 16.4. The fourth-order valence-electron chi connectivity index (χ4n) is 2.81. The topological polar surface area (TPSA) is 153 Å². The summed E-state index contributed by atoms with van der Waals surface area (Å²) in [7, 11) is 0. The molecule has 1 atom stereocenters. The molecule has 10 heteroatoms. The number of carboxylic acid groups (broad SMARTS) is 1. The molecule has 0 aliphatic carbocycles. The fourth-order valence-corrected chi connectivity index (χ4v) is 2.81. The number of carbonyl (C=O) groups is 1. The van der Waals surface area contributed by atoms with Crippen LogP contribution in [0.25, 0.3) is 16.7 Å². The number of hydrogen-bond donors (Lipinski definition) is 3. The van der Waals surface area contributed by atoms with Crippen molar-refractivity contribution in [2.45, 2.75) is 12.5 Å². The summed E-state index contributed by atoms with van der Waals surface area (Å²) >= 11 is 0. The Labute approximate surface area is 170 Å². The molecule has 4 rings (SSSR count). The van der Waals surface area contributed by atoms with Gasteiger partial charge in [-0.1, -0.05) is 11.8 Å². The number of hydrogen-bond acceptors (Lipinski definition) is 8. The lowest BCUT2D eigenvalue weighted by atomic mass is 10.1. The van der Waals surface area contributed by atoms with Crippen LogP contribution in [0.3, 0.4) is 0 Å². The lowest BCUT2D eigenvalue weighted by Crippen LogP contribution is -2.21. The number of nitrogen functional groups attached to an aromatic ring is 1. The monoisotopic (exact) mass is 401 g/mol. The Morgan fingerprint density at radius 3 is 2.63 bits per heavy atom. The number of benzene rings is 1. The molecule has 0 saturated heterocycles. The van der Waals surface area contributed by atoms with E-state index in [4.69, 9.17) is 5.73 Å². The van der Waals surface area contributed by atoms with E-state index in [1.165, 1.54) is 30.2 Å². The molecule has 0 radical (unpaired) electrons. The van der Waals surface area contributed by atoms with Gasteiger partial charge in [0.05, 0.1) is 5.52 Å². The lowest BCUT2D eigenvalue weighted by Gasteiger charge is -2.13. The summed E-state index contributed by atoms with van der Waals surface area (Å²) in [6.45, 7) is 1.49. The molecular formula is C20H15N7O3. The smallest absolute Gasteiger partial charge is 0.357 e. The molecule has 0 saturated carbocycles. The molecule has 0 spiro atoms. The maximum Gasteiger partial charge on any atom is 0.357 e. The summed E-state index contributed by atoms with van der Waals surface area (Å²) in [4.78, 5) is 27.6. The molecule has 30 heavy (non-hydrogen) atoms. The minimum Gasteiger partial charge on any atom is -0.476 e. The SMILES string of the molecule is CC(O)(C#Cc1ccc2c(C(=O)O)nn(-c3ccnc(N)n3)c2c1)c1ncccn1. The van der Waals surface area contributed by atoms with Gasteiger partial charge < -0.3 is 15.9 Å². The number of aliphatic hydroxyl groups is 1. The Hall–Kier alpha value is -4.36. The second-order valence-electron chi connectivity index (χ2n) is 6.47. The minimum atomic E-state index is -1.57. The molecule has 0 amide bonds.